The smallest absolute Gasteiger partial charge is 0.303 e. The number of ether oxygens (including phenoxy) is 1. The molecule has 0 heterocycles. The summed E-state index contributed by atoms with van der Waals surface area (Å²) >= 11 is 0. The van der Waals surface area contributed by atoms with Gasteiger partial charge in [-0.3, -0.25) is 4.79 Å². The van der Waals surface area contributed by atoms with Crippen LogP contribution in [-0.2, 0) is 11.2 Å². The number of carboxylic acids is 1. The predicted octanol–water partition coefficient (Wildman–Crippen LogP) is 3.19. The van der Waals surface area contributed by atoms with E-state index in [-0.39, 0.29) is 6.42 Å². The maximum Gasteiger partial charge on any atom is 0.303 e. The van der Waals surface area contributed by atoms with Crippen LogP contribution in [0.25, 0.3) is 0 Å². The van der Waals surface area contributed by atoms with Crippen molar-refractivity contribution < 1.29 is 14.6 Å². The highest BCUT2D eigenvalue weighted by molar-refractivity contribution is 5.66. The van der Waals surface area contributed by atoms with E-state index in [0.717, 1.165) is 25.0 Å². The van der Waals surface area contributed by atoms with Crippen LogP contribution in [0.2, 0.25) is 0 Å². The highest BCUT2D eigenvalue weighted by Crippen LogP contribution is 2.22. The molecule has 0 spiro atoms. The largest absolute Gasteiger partial charge is 0.494 e. The van der Waals surface area contributed by atoms with Gasteiger partial charge < -0.3 is 9.84 Å². The highest BCUT2D eigenvalue weighted by atomic mass is 16.5. The number of aliphatic carboxylic acids is 1. The van der Waals surface area contributed by atoms with Crippen molar-refractivity contribution in [3.05, 3.63) is 29.3 Å². The molecule has 0 saturated carbocycles. The second kappa shape index (κ2) is 6.94. The van der Waals surface area contributed by atoms with Gasteiger partial charge in [0.25, 0.3) is 0 Å². The molecular formula is C14H20O3. The molecule has 1 rings (SSSR count). The Hall–Kier alpha value is -1.51. The zero-order chi connectivity index (χ0) is 12.7. The fraction of sp³-hybridized carbons (Fsp3) is 0.500. The normalized spacial score (nSPS) is 10.2. The zero-order valence-corrected chi connectivity index (χ0v) is 10.5. The van der Waals surface area contributed by atoms with Crippen LogP contribution in [0, 0.1) is 6.92 Å². The van der Waals surface area contributed by atoms with Crippen molar-refractivity contribution >= 4 is 5.97 Å². The van der Waals surface area contributed by atoms with E-state index in [4.69, 9.17) is 9.84 Å². The van der Waals surface area contributed by atoms with Crippen LogP contribution in [0.15, 0.2) is 18.2 Å². The van der Waals surface area contributed by atoms with Crippen LogP contribution < -0.4 is 4.74 Å². The summed E-state index contributed by atoms with van der Waals surface area (Å²) in [7, 11) is 0. The predicted molar refractivity (Wildman–Crippen MR) is 67.5 cm³/mol. The van der Waals surface area contributed by atoms with Crippen LogP contribution in [-0.4, -0.2) is 17.7 Å². The number of rotatable bonds is 7. The number of benzene rings is 1. The van der Waals surface area contributed by atoms with Gasteiger partial charge in [0, 0.05) is 6.42 Å². The molecule has 0 aliphatic heterocycles. The molecular weight excluding hydrogens is 216 g/mol. The quantitative estimate of drug-likeness (QED) is 0.739. The Bertz CT molecular complexity index is 372. The van der Waals surface area contributed by atoms with Crippen LogP contribution >= 0.6 is 0 Å². The van der Waals surface area contributed by atoms with Gasteiger partial charge in [-0.25, -0.2) is 0 Å². The van der Waals surface area contributed by atoms with Crippen molar-refractivity contribution in [1.82, 2.24) is 0 Å². The molecule has 1 aromatic carbocycles. The van der Waals surface area contributed by atoms with Gasteiger partial charge >= 0.3 is 5.97 Å². The monoisotopic (exact) mass is 236 g/mol. The van der Waals surface area contributed by atoms with Gasteiger partial charge in [0.15, 0.2) is 0 Å². The first-order valence-electron chi connectivity index (χ1n) is 6.07. The van der Waals surface area contributed by atoms with E-state index in [0.29, 0.717) is 6.61 Å². The molecule has 17 heavy (non-hydrogen) atoms. The van der Waals surface area contributed by atoms with Crippen molar-refractivity contribution in [2.24, 2.45) is 0 Å². The number of carboxylic acid groups (broad SMARTS) is 1. The summed E-state index contributed by atoms with van der Waals surface area (Å²) in [5.74, 6) is 0.202. The van der Waals surface area contributed by atoms with E-state index >= 15 is 0 Å². The van der Waals surface area contributed by atoms with E-state index in [9.17, 15) is 4.79 Å². The van der Waals surface area contributed by atoms with E-state index < -0.39 is 5.97 Å². The third-order valence-electron chi connectivity index (χ3n) is 2.60. The van der Waals surface area contributed by atoms with E-state index in [1.165, 1.54) is 11.1 Å². The summed E-state index contributed by atoms with van der Waals surface area (Å²) in [4.78, 5) is 10.4. The van der Waals surface area contributed by atoms with E-state index in [2.05, 4.69) is 13.0 Å². The lowest BCUT2D eigenvalue weighted by Crippen LogP contribution is -1.99. The van der Waals surface area contributed by atoms with Gasteiger partial charge in [-0.05, 0) is 44.7 Å². The number of hydrogen-bond acceptors (Lipinski definition) is 2. The number of carbonyl (C=O) groups is 1. The topological polar surface area (TPSA) is 46.5 Å². The molecule has 0 aliphatic carbocycles. The Morgan fingerprint density at radius 2 is 2.12 bits per heavy atom. The second-order valence-electron chi connectivity index (χ2n) is 4.15. The Morgan fingerprint density at radius 1 is 1.35 bits per heavy atom. The summed E-state index contributed by atoms with van der Waals surface area (Å²) in [5, 5.41) is 8.57. The number of aryl methyl sites for hydroxylation is 2. The molecule has 0 amide bonds. The summed E-state index contributed by atoms with van der Waals surface area (Å²) in [5.41, 5.74) is 2.39. The van der Waals surface area contributed by atoms with Gasteiger partial charge in [-0.15, -0.1) is 0 Å². The Kier molecular flexibility index (Phi) is 5.53. The standard InChI is InChI=1S/C14H20O3/c1-3-17-13-9-8-11(2)10-12(13)6-4-5-7-14(15)16/h8-10H,3-7H2,1-2H3,(H,15,16). The maximum absolute atomic E-state index is 10.4. The summed E-state index contributed by atoms with van der Waals surface area (Å²) in [6.45, 7) is 4.68. The van der Waals surface area contributed by atoms with E-state index in [1.807, 2.05) is 19.1 Å². The molecule has 94 valence electrons. The second-order valence-corrected chi connectivity index (χ2v) is 4.15. The summed E-state index contributed by atoms with van der Waals surface area (Å²) < 4.78 is 5.55. The first-order valence-corrected chi connectivity index (χ1v) is 6.07. The first-order chi connectivity index (χ1) is 8.13. The minimum Gasteiger partial charge on any atom is -0.494 e. The molecule has 0 bridgehead atoms. The first kappa shape index (κ1) is 13.6. The van der Waals surface area contributed by atoms with Crippen LogP contribution in [0.5, 0.6) is 5.75 Å². The van der Waals surface area contributed by atoms with Gasteiger partial charge in [0.05, 0.1) is 6.61 Å². The van der Waals surface area contributed by atoms with Crippen molar-refractivity contribution in [1.29, 1.82) is 0 Å². The van der Waals surface area contributed by atoms with Crippen molar-refractivity contribution in [2.45, 2.75) is 39.5 Å². The maximum atomic E-state index is 10.4. The molecule has 0 aromatic heterocycles. The lowest BCUT2D eigenvalue weighted by molar-refractivity contribution is -0.137. The fourth-order valence-corrected chi connectivity index (χ4v) is 1.79. The third-order valence-corrected chi connectivity index (χ3v) is 2.60. The molecule has 0 unspecified atom stereocenters. The van der Waals surface area contributed by atoms with Crippen LogP contribution in [0.3, 0.4) is 0 Å². The van der Waals surface area contributed by atoms with Crippen molar-refractivity contribution in [3.8, 4) is 5.75 Å². The summed E-state index contributed by atoms with van der Waals surface area (Å²) in [6.07, 6.45) is 2.73. The molecule has 0 fully saturated rings. The summed E-state index contributed by atoms with van der Waals surface area (Å²) in [6, 6.07) is 6.14. The Balaban J connectivity index is 2.55. The molecule has 1 N–H and O–H groups in total. The number of hydrogen-bond donors (Lipinski definition) is 1. The van der Waals surface area contributed by atoms with Gasteiger partial charge in [-0.1, -0.05) is 17.7 Å². The lowest BCUT2D eigenvalue weighted by atomic mass is 10.0. The van der Waals surface area contributed by atoms with Crippen molar-refractivity contribution in [3.63, 3.8) is 0 Å². The molecule has 3 heteroatoms. The molecule has 0 aliphatic rings. The molecule has 0 radical (unpaired) electrons. The lowest BCUT2D eigenvalue weighted by Gasteiger charge is -2.10. The number of unbranched alkanes of at least 4 members (excludes halogenated alkanes) is 1. The van der Waals surface area contributed by atoms with E-state index in [1.54, 1.807) is 0 Å². The average Bonchev–Trinajstić information content (AvgIpc) is 2.28. The van der Waals surface area contributed by atoms with Crippen LogP contribution in [0.1, 0.15) is 37.3 Å². The SMILES string of the molecule is CCOc1ccc(C)cc1CCCCC(=O)O. The third kappa shape index (κ3) is 4.89. The minimum absolute atomic E-state index is 0.246. The highest BCUT2D eigenvalue weighted by Gasteiger charge is 2.04. The fourth-order valence-electron chi connectivity index (χ4n) is 1.79. The molecule has 1 aromatic rings. The Labute approximate surface area is 102 Å². The van der Waals surface area contributed by atoms with Gasteiger partial charge in [-0.2, -0.15) is 0 Å². The molecule has 0 atom stereocenters. The minimum atomic E-state index is -0.723. The van der Waals surface area contributed by atoms with Gasteiger partial charge in [0.2, 0.25) is 0 Å². The van der Waals surface area contributed by atoms with Crippen molar-refractivity contribution in [2.75, 3.05) is 6.61 Å². The van der Waals surface area contributed by atoms with Crippen LogP contribution in [0.4, 0.5) is 0 Å². The molecule has 3 nitrogen and oxygen atoms in total. The Morgan fingerprint density at radius 3 is 2.76 bits per heavy atom. The average molecular weight is 236 g/mol. The molecule has 0 saturated heterocycles. The zero-order valence-electron chi connectivity index (χ0n) is 10.5. The van der Waals surface area contributed by atoms with Gasteiger partial charge in [0.1, 0.15) is 5.75 Å².